The van der Waals surface area contributed by atoms with Gasteiger partial charge in [-0.2, -0.15) is 0 Å². The molecule has 1 aliphatic rings. The maximum absolute atomic E-state index is 6.28. The number of H-pyrrole nitrogens is 1. The van der Waals surface area contributed by atoms with Gasteiger partial charge in [-0.15, -0.1) is 0 Å². The summed E-state index contributed by atoms with van der Waals surface area (Å²) in [7, 11) is 0. The average molecular weight is 218 g/mol. The molecule has 0 fully saturated rings. The second-order valence-corrected chi connectivity index (χ2v) is 4.44. The van der Waals surface area contributed by atoms with Crippen molar-refractivity contribution in [3.8, 4) is 11.3 Å². The fourth-order valence-electron chi connectivity index (χ4n) is 2.32. The van der Waals surface area contributed by atoms with Gasteiger partial charge >= 0.3 is 0 Å². The summed E-state index contributed by atoms with van der Waals surface area (Å²) in [5.74, 6) is 0. The molecule has 1 aromatic heterocycles. The fourth-order valence-corrected chi connectivity index (χ4v) is 2.65. The Kier molecular flexibility index (Phi) is 2.06. The van der Waals surface area contributed by atoms with Crippen LogP contribution in [0.25, 0.3) is 11.3 Å². The Hall–Kier alpha value is -1.21. The molecule has 0 unspecified atom stereocenters. The Morgan fingerprint density at radius 1 is 1.20 bits per heavy atom. The molecule has 76 valence electrons. The topological polar surface area (TPSA) is 15.8 Å². The molecule has 1 heterocycles. The number of rotatable bonds is 1. The monoisotopic (exact) mass is 217 g/mol. The van der Waals surface area contributed by atoms with Crippen molar-refractivity contribution in [1.82, 2.24) is 4.98 Å². The van der Waals surface area contributed by atoms with E-state index >= 15 is 0 Å². The minimum atomic E-state index is 0.926. The van der Waals surface area contributed by atoms with E-state index in [1.165, 1.54) is 29.5 Å². The molecule has 0 atom stereocenters. The van der Waals surface area contributed by atoms with E-state index in [0.29, 0.717) is 0 Å². The van der Waals surface area contributed by atoms with Crippen LogP contribution in [-0.2, 0) is 12.8 Å². The third-order valence-corrected chi connectivity index (χ3v) is 3.41. The molecule has 1 nitrogen and oxygen atoms in total. The van der Waals surface area contributed by atoms with Crippen molar-refractivity contribution in [2.75, 3.05) is 0 Å². The summed E-state index contributed by atoms with van der Waals surface area (Å²) in [6, 6.07) is 8.42. The summed E-state index contributed by atoms with van der Waals surface area (Å²) in [6.45, 7) is 0. The van der Waals surface area contributed by atoms with Gasteiger partial charge in [0.05, 0.1) is 0 Å². The molecule has 0 spiro atoms. The van der Waals surface area contributed by atoms with Crippen molar-refractivity contribution >= 4 is 11.6 Å². The quantitative estimate of drug-likeness (QED) is 0.748. The van der Waals surface area contributed by atoms with Gasteiger partial charge in [-0.1, -0.05) is 11.6 Å². The first-order valence-corrected chi connectivity index (χ1v) is 5.67. The third-order valence-electron chi connectivity index (χ3n) is 3.07. The second-order valence-electron chi connectivity index (χ2n) is 4.03. The summed E-state index contributed by atoms with van der Waals surface area (Å²) in [5.41, 5.74) is 5.12. The first kappa shape index (κ1) is 9.05. The summed E-state index contributed by atoms with van der Waals surface area (Å²) >= 11 is 6.28. The SMILES string of the molecule is Clc1cc(-c2ccc[nH]2)cc2c1CCC2. The molecule has 3 rings (SSSR count). The molecule has 0 bridgehead atoms. The predicted octanol–water partition coefficient (Wildman–Crippen LogP) is 3.82. The molecule has 2 aromatic rings. The molecule has 15 heavy (non-hydrogen) atoms. The summed E-state index contributed by atoms with van der Waals surface area (Å²) in [5, 5.41) is 0.926. The maximum Gasteiger partial charge on any atom is 0.0454 e. The van der Waals surface area contributed by atoms with Crippen LogP contribution < -0.4 is 0 Å². The molecule has 1 aliphatic carbocycles. The highest BCUT2D eigenvalue weighted by Gasteiger charge is 2.15. The van der Waals surface area contributed by atoms with Gasteiger partial charge in [0.1, 0.15) is 0 Å². The second kappa shape index (κ2) is 3.42. The molecule has 0 saturated carbocycles. The van der Waals surface area contributed by atoms with E-state index in [-0.39, 0.29) is 0 Å². The van der Waals surface area contributed by atoms with Gasteiger partial charge in [0.2, 0.25) is 0 Å². The molecule has 2 heteroatoms. The number of aryl methyl sites for hydroxylation is 1. The van der Waals surface area contributed by atoms with Gasteiger partial charge in [-0.25, -0.2) is 0 Å². The van der Waals surface area contributed by atoms with E-state index in [2.05, 4.69) is 23.2 Å². The van der Waals surface area contributed by atoms with Gasteiger partial charge in [0.15, 0.2) is 0 Å². The molecular formula is C13H12ClN. The zero-order valence-electron chi connectivity index (χ0n) is 8.39. The van der Waals surface area contributed by atoms with E-state index in [4.69, 9.17) is 11.6 Å². The van der Waals surface area contributed by atoms with Crippen LogP contribution in [0.5, 0.6) is 0 Å². The van der Waals surface area contributed by atoms with Crippen molar-refractivity contribution in [3.05, 3.63) is 46.6 Å². The summed E-state index contributed by atoms with van der Waals surface area (Å²) in [4.78, 5) is 3.21. The molecule has 0 amide bonds. The van der Waals surface area contributed by atoms with E-state index < -0.39 is 0 Å². The highest BCUT2D eigenvalue weighted by molar-refractivity contribution is 6.31. The zero-order valence-corrected chi connectivity index (χ0v) is 9.14. The lowest BCUT2D eigenvalue weighted by Crippen LogP contribution is -1.86. The van der Waals surface area contributed by atoms with E-state index in [1.807, 2.05) is 12.3 Å². The molecule has 0 radical (unpaired) electrons. The van der Waals surface area contributed by atoms with Crippen molar-refractivity contribution in [1.29, 1.82) is 0 Å². The number of fused-ring (bicyclic) bond motifs is 1. The predicted molar refractivity (Wildman–Crippen MR) is 63.3 cm³/mol. The van der Waals surface area contributed by atoms with Crippen molar-refractivity contribution in [3.63, 3.8) is 0 Å². The van der Waals surface area contributed by atoms with Crippen LogP contribution >= 0.6 is 11.6 Å². The first-order valence-electron chi connectivity index (χ1n) is 5.29. The van der Waals surface area contributed by atoms with Crippen LogP contribution in [0.2, 0.25) is 5.02 Å². The van der Waals surface area contributed by atoms with Crippen molar-refractivity contribution in [2.24, 2.45) is 0 Å². The summed E-state index contributed by atoms with van der Waals surface area (Å²) < 4.78 is 0. The number of hydrogen-bond acceptors (Lipinski definition) is 0. The van der Waals surface area contributed by atoms with E-state index in [1.54, 1.807) is 0 Å². The van der Waals surface area contributed by atoms with Gasteiger partial charge < -0.3 is 4.98 Å². The number of benzene rings is 1. The highest BCUT2D eigenvalue weighted by atomic mass is 35.5. The molecule has 1 aromatic carbocycles. The lowest BCUT2D eigenvalue weighted by Gasteiger charge is -2.06. The minimum absolute atomic E-state index is 0.926. The van der Waals surface area contributed by atoms with Gasteiger partial charge in [-0.3, -0.25) is 0 Å². The number of aromatic nitrogens is 1. The normalized spacial score (nSPS) is 14.2. The van der Waals surface area contributed by atoms with E-state index in [9.17, 15) is 0 Å². The molecular weight excluding hydrogens is 206 g/mol. The lowest BCUT2D eigenvalue weighted by molar-refractivity contribution is 0.912. The Bertz CT molecular complexity index is 485. The minimum Gasteiger partial charge on any atom is -0.361 e. The number of aromatic amines is 1. The van der Waals surface area contributed by atoms with Crippen molar-refractivity contribution in [2.45, 2.75) is 19.3 Å². The largest absolute Gasteiger partial charge is 0.361 e. The Morgan fingerprint density at radius 2 is 2.13 bits per heavy atom. The van der Waals surface area contributed by atoms with Crippen LogP contribution in [0.4, 0.5) is 0 Å². The Balaban J connectivity index is 2.15. The zero-order chi connectivity index (χ0) is 10.3. The lowest BCUT2D eigenvalue weighted by atomic mass is 10.0. The Labute approximate surface area is 94.1 Å². The van der Waals surface area contributed by atoms with Crippen LogP contribution in [0, 0.1) is 0 Å². The fraction of sp³-hybridized carbons (Fsp3) is 0.231. The van der Waals surface area contributed by atoms with Gasteiger partial charge in [-0.05, 0) is 60.2 Å². The molecule has 0 saturated heterocycles. The van der Waals surface area contributed by atoms with Crippen LogP contribution in [0.3, 0.4) is 0 Å². The third kappa shape index (κ3) is 1.47. The van der Waals surface area contributed by atoms with Crippen molar-refractivity contribution < 1.29 is 0 Å². The average Bonchev–Trinajstić information content (AvgIpc) is 2.88. The Morgan fingerprint density at radius 3 is 2.93 bits per heavy atom. The van der Waals surface area contributed by atoms with Gasteiger partial charge in [0.25, 0.3) is 0 Å². The van der Waals surface area contributed by atoms with Gasteiger partial charge in [0, 0.05) is 16.9 Å². The number of hydrogen-bond donors (Lipinski definition) is 1. The molecule has 0 aliphatic heterocycles. The van der Waals surface area contributed by atoms with Crippen LogP contribution in [-0.4, -0.2) is 4.98 Å². The summed E-state index contributed by atoms with van der Waals surface area (Å²) in [6.07, 6.45) is 5.49. The molecule has 1 N–H and O–H groups in total. The smallest absolute Gasteiger partial charge is 0.0454 e. The number of nitrogens with one attached hydrogen (secondary N) is 1. The van der Waals surface area contributed by atoms with Crippen LogP contribution in [0.15, 0.2) is 30.5 Å². The van der Waals surface area contributed by atoms with E-state index in [0.717, 1.165) is 17.1 Å². The standard InChI is InChI=1S/C13H12ClN/c14-12-8-10(13-5-2-6-15-13)7-9-3-1-4-11(9)12/h2,5-8,15H,1,3-4H2. The first-order chi connectivity index (χ1) is 7.34. The maximum atomic E-state index is 6.28. The number of halogens is 1. The van der Waals surface area contributed by atoms with Crippen LogP contribution in [0.1, 0.15) is 17.5 Å². The highest BCUT2D eigenvalue weighted by Crippen LogP contribution is 2.33.